The van der Waals surface area contributed by atoms with Crippen molar-refractivity contribution in [1.29, 1.82) is 0 Å². The second kappa shape index (κ2) is 7.23. The standard InChI is InChI=1S/C18H22FNO/c1-4-20-12-14(13(2)3)11-15-9-10-18(21-15)16-7-5-6-8-17(16)19/h5-11,13,20H,4,12H2,1-3H3. The molecule has 0 aliphatic carbocycles. The van der Waals surface area contributed by atoms with Gasteiger partial charge in [-0.15, -0.1) is 0 Å². The third-order valence-electron chi connectivity index (χ3n) is 3.41. The molecule has 0 atom stereocenters. The third kappa shape index (κ3) is 4.05. The summed E-state index contributed by atoms with van der Waals surface area (Å²) in [6, 6.07) is 10.4. The lowest BCUT2D eigenvalue weighted by molar-refractivity contribution is 0.558. The summed E-state index contributed by atoms with van der Waals surface area (Å²) >= 11 is 0. The molecular weight excluding hydrogens is 265 g/mol. The first-order chi connectivity index (χ1) is 10.1. The third-order valence-corrected chi connectivity index (χ3v) is 3.41. The Labute approximate surface area is 125 Å². The van der Waals surface area contributed by atoms with Gasteiger partial charge in [-0.05, 0) is 42.8 Å². The summed E-state index contributed by atoms with van der Waals surface area (Å²) < 4.78 is 19.5. The summed E-state index contributed by atoms with van der Waals surface area (Å²) in [5, 5.41) is 3.33. The fraction of sp³-hybridized carbons (Fsp3) is 0.333. The van der Waals surface area contributed by atoms with E-state index in [4.69, 9.17) is 4.42 Å². The number of hydrogen-bond acceptors (Lipinski definition) is 2. The second-order valence-electron chi connectivity index (χ2n) is 5.34. The van der Waals surface area contributed by atoms with E-state index in [0.29, 0.717) is 17.2 Å². The monoisotopic (exact) mass is 287 g/mol. The Morgan fingerprint density at radius 2 is 2.00 bits per heavy atom. The van der Waals surface area contributed by atoms with Crippen LogP contribution in [0.25, 0.3) is 17.4 Å². The zero-order valence-corrected chi connectivity index (χ0v) is 12.8. The topological polar surface area (TPSA) is 25.2 Å². The predicted molar refractivity (Wildman–Crippen MR) is 85.5 cm³/mol. The number of likely N-dealkylation sites (N-methyl/N-ethyl adjacent to an activating group) is 1. The van der Waals surface area contributed by atoms with Crippen molar-refractivity contribution < 1.29 is 8.81 Å². The summed E-state index contributed by atoms with van der Waals surface area (Å²) in [5.41, 5.74) is 1.77. The van der Waals surface area contributed by atoms with Crippen LogP contribution in [0.1, 0.15) is 26.5 Å². The molecule has 0 spiro atoms. The van der Waals surface area contributed by atoms with E-state index in [0.717, 1.165) is 18.8 Å². The van der Waals surface area contributed by atoms with Crippen LogP contribution >= 0.6 is 0 Å². The van der Waals surface area contributed by atoms with Crippen molar-refractivity contribution in [1.82, 2.24) is 5.32 Å². The molecule has 0 amide bonds. The summed E-state index contributed by atoms with van der Waals surface area (Å²) in [6.07, 6.45) is 2.04. The normalized spacial score (nSPS) is 12.1. The van der Waals surface area contributed by atoms with Gasteiger partial charge < -0.3 is 9.73 Å². The number of furan rings is 1. The molecule has 0 radical (unpaired) electrons. The van der Waals surface area contributed by atoms with Gasteiger partial charge in [0.25, 0.3) is 0 Å². The highest BCUT2D eigenvalue weighted by Gasteiger charge is 2.09. The molecule has 1 aromatic carbocycles. The molecule has 0 saturated carbocycles. The average molecular weight is 287 g/mol. The molecule has 1 heterocycles. The summed E-state index contributed by atoms with van der Waals surface area (Å²) in [6.45, 7) is 8.17. The summed E-state index contributed by atoms with van der Waals surface area (Å²) in [7, 11) is 0. The van der Waals surface area contributed by atoms with E-state index in [1.165, 1.54) is 11.6 Å². The molecule has 3 heteroatoms. The molecule has 0 bridgehead atoms. The van der Waals surface area contributed by atoms with Crippen molar-refractivity contribution in [2.45, 2.75) is 20.8 Å². The minimum absolute atomic E-state index is 0.265. The maximum absolute atomic E-state index is 13.8. The fourth-order valence-corrected chi connectivity index (χ4v) is 2.11. The molecule has 1 aromatic heterocycles. The van der Waals surface area contributed by atoms with Gasteiger partial charge in [0.15, 0.2) is 0 Å². The second-order valence-corrected chi connectivity index (χ2v) is 5.34. The quantitative estimate of drug-likeness (QED) is 0.830. The van der Waals surface area contributed by atoms with E-state index in [1.54, 1.807) is 18.2 Å². The molecule has 21 heavy (non-hydrogen) atoms. The number of nitrogens with one attached hydrogen (secondary N) is 1. The molecule has 0 aliphatic heterocycles. The van der Waals surface area contributed by atoms with Gasteiger partial charge in [-0.3, -0.25) is 0 Å². The molecule has 1 N–H and O–H groups in total. The van der Waals surface area contributed by atoms with E-state index in [1.807, 2.05) is 18.2 Å². The Hall–Kier alpha value is -1.87. The van der Waals surface area contributed by atoms with E-state index < -0.39 is 0 Å². The van der Waals surface area contributed by atoms with Crippen molar-refractivity contribution in [3.8, 4) is 11.3 Å². The number of halogens is 1. The van der Waals surface area contributed by atoms with E-state index in [9.17, 15) is 4.39 Å². The lowest BCUT2D eigenvalue weighted by atomic mass is 10.0. The fourth-order valence-electron chi connectivity index (χ4n) is 2.11. The van der Waals surface area contributed by atoms with Gasteiger partial charge in [-0.2, -0.15) is 0 Å². The average Bonchev–Trinajstić information content (AvgIpc) is 2.92. The molecule has 112 valence electrons. The molecule has 2 rings (SSSR count). The van der Waals surface area contributed by atoms with Crippen LogP contribution in [0.3, 0.4) is 0 Å². The Morgan fingerprint density at radius 1 is 1.24 bits per heavy atom. The highest BCUT2D eigenvalue weighted by molar-refractivity contribution is 5.61. The molecule has 0 unspecified atom stereocenters. The highest BCUT2D eigenvalue weighted by Crippen LogP contribution is 2.26. The summed E-state index contributed by atoms with van der Waals surface area (Å²) in [4.78, 5) is 0. The van der Waals surface area contributed by atoms with Gasteiger partial charge >= 0.3 is 0 Å². The SMILES string of the molecule is CCNCC(=Cc1ccc(-c2ccccc2F)o1)C(C)C. The maximum Gasteiger partial charge on any atom is 0.137 e. The Morgan fingerprint density at radius 3 is 2.67 bits per heavy atom. The first-order valence-electron chi connectivity index (χ1n) is 7.37. The van der Waals surface area contributed by atoms with Gasteiger partial charge in [0.2, 0.25) is 0 Å². The molecular formula is C18H22FNO. The Bertz CT molecular complexity index is 613. The van der Waals surface area contributed by atoms with Gasteiger partial charge in [-0.1, -0.05) is 38.5 Å². The lowest BCUT2D eigenvalue weighted by Crippen LogP contribution is -2.18. The van der Waals surface area contributed by atoms with Crippen LogP contribution < -0.4 is 5.32 Å². The Kier molecular flexibility index (Phi) is 5.34. The molecule has 2 aromatic rings. The van der Waals surface area contributed by atoms with E-state index in [2.05, 4.69) is 26.1 Å². The van der Waals surface area contributed by atoms with Gasteiger partial charge in [-0.25, -0.2) is 4.39 Å². The van der Waals surface area contributed by atoms with Crippen LogP contribution in [0.5, 0.6) is 0 Å². The van der Waals surface area contributed by atoms with Gasteiger partial charge in [0, 0.05) is 6.54 Å². The van der Waals surface area contributed by atoms with Crippen LogP contribution in [0.15, 0.2) is 46.4 Å². The number of benzene rings is 1. The summed E-state index contributed by atoms with van der Waals surface area (Å²) in [5.74, 6) is 1.49. The van der Waals surface area contributed by atoms with Crippen LogP contribution in [-0.2, 0) is 0 Å². The van der Waals surface area contributed by atoms with E-state index in [-0.39, 0.29) is 5.82 Å². The molecule has 2 nitrogen and oxygen atoms in total. The first-order valence-corrected chi connectivity index (χ1v) is 7.37. The maximum atomic E-state index is 13.8. The van der Waals surface area contributed by atoms with Crippen LogP contribution in [0, 0.1) is 11.7 Å². The zero-order valence-electron chi connectivity index (χ0n) is 12.8. The van der Waals surface area contributed by atoms with Crippen molar-refractivity contribution >= 4 is 6.08 Å². The van der Waals surface area contributed by atoms with Crippen molar-refractivity contribution in [3.63, 3.8) is 0 Å². The molecule has 0 fully saturated rings. The number of rotatable bonds is 6. The first kappa shape index (κ1) is 15.5. The molecule has 0 saturated heterocycles. The predicted octanol–water partition coefficient (Wildman–Crippen LogP) is 4.73. The van der Waals surface area contributed by atoms with Crippen molar-refractivity contribution in [3.05, 3.63) is 53.5 Å². The molecule has 0 aliphatic rings. The van der Waals surface area contributed by atoms with Crippen molar-refractivity contribution in [2.75, 3.05) is 13.1 Å². The minimum Gasteiger partial charge on any atom is -0.457 e. The van der Waals surface area contributed by atoms with Crippen LogP contribution in [0.4, 0.5) is 4.39 Å². The van der Waals surface area contributed by atoms with Crippen molar-refractivity contribution in [2.24, 2.45) is 5.92 Å². The number of hydrogen-bond donors (Lipinski definition) is 1. The van der Waals surface area contributed by atoms with Crippen LogP contribution in [0.2, 0.25) is 0 Å². The smallest absolute Gasteiger partial charge is 0.137 e. The van der Waals surface area contributed by atoms with Gasteiger partial charge in [0.05, 0.1) is 5.56 Å². The van der Waals surface area contributed by atoms with Crippen LogP contribution in [-0.4, -0.2) is 13.1 Å². The van der Waals surface area contributed by atoms with E-state index >= 15 is 0 Å². The largest absolute Gasteiger partial charge is 0.457 e. The highest BCUT2D eigenvalue weighted by atomic mass is 19.1. The lowest BCUT2D eigenvalue weighted by Gasteiger charge is -2.11. The minimum atomic E-state index is -0.265. The Balaban J connectivity index is 2.24. The van der Waals surface area contributed by atoms with Gasteiger partial charge in [0.1, 0.15) is 17.3 Å². The zero-order chi connectivity index (χ0) is 15.2.